The Hall–Kier alpha value is 2.90. The second kappa shape index (κ2) is 28.5. The predicted molar refractivity (Wildman–Crippen MR) is 2.91 cm³/mol. The fourth-order valence-electron chi connectivity index (χ4n) is 0. The van der Waals surface area contributed by atoms with Crippen molar-refractivity contribution in [3.63, 3.8) is 0 Å². The molecule has 0 fully saturated rings. The standard InChI is InChI=1S/La.2Li.O.Ti.2H/q;2*+1;;;2*-1. The molecule has 5 heavy (non-hydrogen) atoms. The van der Waals surface area contributed by atoms with Crippen LogP contribution in [0.3, 0.4) is 0 Å². The van der Waals surface area contributed by atoms with Crippen LogP contribution in [0.1, 0.15) is 2.85 Å². The van der Waals surface area contributed by atoms with Gasteiger partial charge in [-0.1, -0.05) is 0 Å². The van der Waals surface area contributed by atoms with Crippen molar-refractivity contribution in [3.05, 3.63) is 0 Å². The van der Waals surface area contributed by atoms with Crippen LogP contribution in [0.25, 0.3) is 0 Å². The monoisotopic (exact) mass is 219 g/mol. The van der Waals surface area contributed by atoms with E-state index in [1.54, 1.807) is 0 Å². The molecule has 17 valence electrons. The van der Waals surface area contributed by atoms with E-state index in [9.17, 15) is 0 Å². The molecular formula is H2LaLi2OTi. The predicted octanol–water partition coefficient (Wildman–Crippen LogP) is -5.89. The summed E-state index contributed by atoms with van der Waals surface area (Å²) in [6.45, 7) is 0. The van der Waals surface area contributed by atoms with Crippen LogP contribution in [0.15, 0.2) is 0 Å². The molecule has 1 nitrogen and oxygen atoms in total. The van der Waals surface area contributed by atoms with Crippen molar-refractivity contribution in [1.29, 1.82) is 0 Å². The van der Waals surface area contributed by atoms with Crippen LogP contribution >= 0.6 is 0 Å². The maximum absolute atomic E-state index is 8.25. The Morgan fingerprint density at radius 1 is 1.20 bits per heavy atom. The zero-order valence-corrected chi connectivity index (χ0v) is 8.67. The number of rotatable bonds is 0. The quantitative estimate of drug-likeness (QED) is 0.370. The molecule has 0 amide bonds. The molecule has 0 aromatic carbocycles. The molecule has 0 aliphatic carbocycles. The summed E-state index contributed by atoms with van der Waals surface area (Å²) in [6.07, 6.45) is 0. The van der Waals surface area contributed by atoms with Crippen LogP contribution in [-0.4, -0.2) is 0 Å². The molecule has 0 saturated carbocycles. The summed E-state index contributed by atoms with van der Waals surface area (Å²) in [6, 6.07) is 0. The third kappa shape index (κ3) is 19.7. The number of hydrogen-bond donors (Lipinski definition) is 0. The molecule has 0 spiro atoms. The van der Waals surface area contributed by atoms with Gasteiger partial charge in [0.15, 0.2) is 0 Å². The van der Waals surface area contributed by atoms with Crippen molar-refractivity contribution < 1.29 is 99.9 Å². The first kappa shape index (κ1) is 24.7. The molecule has 1 radical (unpaired) electrons. The molecule has 0 aromatic rings. The third-order valence-electron chi connectivity index (χ3n) is 0. The van der Waals surface area contributed by atoms with Crippen LogP contribution in [0.4, 0.5) is 0 Å². The fourth-order valence-corrected chi connectivity index (χ4v) is 0. The Kier molecular flexibility index (Phi) is 141. The van der Waals surface area contributed by atoms with Gasteiger partial charge in [-0.3, -0.25) is 0 Å². The van der Waals surface area contributed by atoms with Crippen molar-refractivity contribution in [2.24, 2.45) is 0 Å². The topological polar surface area (TPSA) is 17.1 Å². The summed E-state index contributed by atoms with van der Waals surface area (Å²) in [7, 11) is 0. The summed E-state index contributed by atoms with van der Waals surface area (Å²) in [5.41, 5.74) is 0. The molecule has 0 heterocycles. The summed E-state index contributed by atoms with van der Waals surface area (Å²) in [5, 5.41) is 0. The Morgan fingerprint density at radius 3 is 1.20 bits per heavy atom. The third-order valence-corrected chi connectivity index (χ3v) is 0. The van der Waals surface area contributed by atoms with E-state index in [-0.39, 0.29) is 76.2 Å². The molecule has 0 saturated heterocycles. The Balaban J connectivity index is -0.000000000500. The minimum atomic E-state index is 0. The van der Waals surface area contributed by atoms with Crippen molar-refractivity contribution in [1.82, 2.24) is 0 Å². The summed E-state index contributed by atoms with van der Waals surface area (Å²) >= 11 is 0.750. The first-order valence-electron chi connectivity index (χ1n) is 0.204. The van der Waals surface area contributed by atoms with E-state index in [4.69, 9.17) is 3.32 Å². The van der Waals surface area contributed by atoms with Crippen LogP contribution in [0.2, 0.25) is 0 Å². The molecule has 0 aromatic heterocycles. The Morgan fingerprint density at radius 2 is 1.20 bits per heavy atom. The van der Waals surface area contributed by atoms with Gasteiger partial charge >= 0.3 is 61.5 Å². The average molecular weight is 219 g/mol. The van der Waals surface area contributed by atoms with E-state index in [1.807, 2.05) is 0 Å². The van der Waals surface area contributed by atoms with Gasteiger partial charge in [0.1, 0.15) is 0 Å². The SMILES string of the molecule is [H-].[H-].[La].[Li+].[Li+].[O]=[Ti]. The van der Waals surface area contributed by atoms with E-state index in [0.29, 0.717) is 0 Å². The molecule has 0 N–H and O–H groups in total. The Labute approximate surface area is 98.1 Å². The molecular weight excluding hydrogens is 217 g/mol. The normalized spacial score (nSPS) is 0.600. The molecule has 5 heteroatoms. The van der Waals surface area contributed by atoms with Crippen molar-refractivity contribution >= 4 is 0 Å². The van der Waals surface area contributed by atoms with Gasteiger partial charge in [0.25, 0.3) is 0 Å². The Bertz CT molecular complexity index is 15.7. The molecule has 0 atom stereocenters. The van der Waals surface area contributed by atoms with Crippen LogP contribution < -0.4 is 37.7 Å². The summed E-state index contributed by atoms with van der Waals surface area (Å²) in [5.74, 6) is 0. The minimum absolute atomic E-state index is 0. The van der Waals surface area contributed by atoms with E-state index in [1.165, 1.54) is 0 Å². The van der Waals surface area contributed by atoms with Gasteiger partial charge in [-0.25, -0.2) is 0 Å². The van der Waals surface area contributed by atoms with Crippen LogP contribution in [-0.2, 0) is 23.7 Å². The number of hydrogen-bond acceptors (Lipinski definition) is 1. The van der Waals surface area contributed by atoms with Gasteiger partial charge in [0.05, 0.1) is 0 Å². The zero-order valence-electron chi connectivity index (χ0n) is 5.49. The van der Waals surface area contributed by atoms with Gasteiger partial charge in [-0.05, 0) is 0 Å². The second-order valence-corrected chi connectivity index (χ2v) is 0. The van der Waals surface area contributed by atoms with Gasteiger partial charge < -0.3 is 2.85 Å². The molecule has 0 unspecified atom stereocenters. The van der Waals surface area contributed by atoms with Gasteiger partial charge in [0, 0.05) is 35.6 Å². The molecule has 0 rings (SSSR count). The van der Waals surface area contributed by atoms with Crippen molar-refractivity contribution in [2.75, 3.05) is 0 Å². The van der Waals surface area contributed by atoms with E-state index < -0.39 is 0 Å². The maximum atomic E-state index is 8.25. The van der Waals surface area contributed by atoms with Gasteiger partial charge in [0.2, 0.25) is 0 Å². The van der Waals surface area contributed by atoms with Crippen molar-refractivity contribution in [2.45, 2.75) is 0 Å². The van der Waals surface area contributed by atoms with Gasteiger partial charge in [-0.15, -0.1) is 0 Å². The molecule has 0 aliphatic rings. The van der Waals surface area contributed by atoms with E-state index >= 15 is 0 Å². The zero-order chi connectivity index (χ0) is 2.00. The first-order valence-corrected chi connectivity index (χ1v) is 0.842. The molecule has 0 bridgehead atoms. The second-order valence-electron chi connectivity index (χ2n) is 0. The molecule has 0 aliphatic heterocycles. The van der Waals surface area contributed by atoms with Crippen LogP contribution in [0, 0.1) is 35.6 Å². The van der Waals surface area contributed by atoms with E-state index in [0.717, 1.165) is 20.4 Å². The summed E-state index contributed by atoms with van der Waals surface area (Å²) in [4.78, 5) is 0. The fraction of sp³-hybridized carbons (Fsp3) is 0. The first-order chi connectivity index (χ1) is 1.00. The van der Waals surface area contributed by atoms with Crippen molar-refractivity contribution in [3.8, 4) is 0 Å². The summed E-state index contributed by atoms with van der Waals surface area (Å²) < 4.78 is 8.25. The average Bonchev–Trinajstić information content (AvgIpc) is 1.00. The van der Waals surface area contributed by atoms with Crippen LogP contribution in [0.5, 0.6) is 0 Å². The van der Waals surface area contributed by atoms with Gasteiger partial charge in [-0.2, -0.15) is 0 Å². The van der Waals surface area contributed by atoms with E-state index in [2.05, 4.69) is 0 Å².